The lowest BCUT2D eigenvalue weighted by atomic mass is 10.1. The van der Waals surface area contributed by atoms with Gasteiger partial charge in [-0.15, -0.1) is 0 Å². The fraction of sp³-hybridized carbons (Fsp3) is 0.409. The van der Waals surface area contributed by atoms with Crippen LogP contribution in [0, 0.1) is 0 Å². The molecule has 0 spiro atoms. The van der Waals surface area contributed by atoms with Gasteiger partial charge in [0.1, 0.15) is 5.75 Å². The maximum Gasteiger partial charge on any atom is 0.222 e. The average molecular weight is 387 g/mol. The number of amides is 1. The first-order valence-corrected chi connectivity index (χ1v) is 9.96. The molecule has 0 radical (unpaired) electrons. The van der Waals surface area contributed by atoms with E-state index in [1.807, 2.05) is 30.1 Å². The molecule has 1 heterocycles. The Morgan fingerprint density at radius 3 is 2.56 bits per heavy atom. The third-order valence-corrected chi connectivity index (χ3v) is 5.14. The lowest BCUT2D eigenvalue weighted by Gasteiger charge is -2.24. The first-order valence-electron chi connectivity index (χ1n) is 9.58. The van der Waals surface area contributed by atoms with Gasteiger partial charge in [0.2, 0.25) is 5.91 Å². The highest BCUT2D eigenvalue weighted by molar-refractivity contribution is 6.30. The molecule has 0 bridgehead atoms. The average Bonchev–Trinajstić information content (AvgIpc) is 3.21. The third kappa shape index (κ3) is 5.64. The third-order valence-electron chi connectivity index (χ3n) is 4.89. The number of hydrogen-bond donors (Lipinski definition) is 0. The van der Waals surface area contributed by atoms with Crippen LogP contribution >= 0.6 is 11.6 Å². The number of nitrogens with zero attached hydrogens (tertiary/aromatic N) is 2. The molecule has 27 heavy (non-hydrogen) atoms. The Labute approximate surface area is 166 Å². The highest BCUT2D eigenvalue weighted by Gasteiger charge is 2.17. The van der Waals surface area contributed by atoms with E-state index in [9.17, 15) is 4.79 Å². The quantitative estimate of drug-likeness (QED) is 0.613. The Morgan fingerprint density at radius 1 is 1.11 bits per heavy atom. The summed E-state index contributed by atoms with van der Waals surface area (Å²) in [6.07, 6.45) is 3.67. The summed E-state index contributed by atoms with van der Waals surface area (Å²) in [5, 5.41) is 0.688. The van der Waals surface area contributed by atoms with Crippen LogP contribution in [0.25, 0.3) is 0 Å². The fourth-order valence-electron chi connectivity index (χ4n) is 3.39. The van der Waals surface area contributed by atoms with Crippen LogP contribution in [0.5, 0.6) is 5.75 Å². The van der Waals surface area contributed by atoms with Crippen molar-refractivity contribution in [3.63, 3.8) is 0 Å². The summed E-state index contributed by atoms with van der Waals surface area (Å²) in [6.45, 7) is 3.38. The summed E-state index contributed by atoms with van der Waals surface area (Å²) in [5.41, 5.74) is 2.48. The molecule has 5 heteroatoms. The van der Waals surface area contributed by atoms with E-state index in [4.69, 9.17) is 16.3 Å². The zero-order chi connectivity index (χ0) is 19.1. The molecule has 1 amide bonds. The van der Waals surface area contributed by atoms with Crippen LogP contribution in [0.3, 0.4) is 0 Å². The number of halogens is 1. The number of rotatable bonds is 8. The first kappa shape index (κ1) is 19.6. The van der Waals surface area contributed by atoms with Gasteiger partial charge >= 0.3 is 0 Å². The van der Waals surface area contributed by atoms with Crippen molar-refractivity contribution in [2.24, 2.45) is 0 Å². The summed E-state index contributed by atoms with van der Waals surface area (Å²) >= 11 is 5.86. The van der Waals surface area contributed by atoms with Crippen molar-refractivity contribution in [2.75, 3.05) is 31.6 Å². The van der Waals surface area contributed by atoms with Gasteiger partial charge in [0.15, 0.2) is 0 Å². The van der Waals surface area contributed by atoms with Gasteiger partial charge in [-0.1, -0.05) is 29.8 Å². The highest BCUT2D eigenvalue weighted by Crippen LogP contribution is 2.25. The number of hydrogen-bond acceptors (Lipinski definition) is 3. The largest absolute Gasteiger partial charge is 0.494 e. The number of para-hydroxylation sites is 1. The van der Waals surface area contributed by atoms with Crippen LogP contribution in [0.1, 0.15) is 31.2 Å². The van der Waals surface area contributed by atoms with Crippen LogP contribution < -0.4 is 9.64 Å². The molecule has 1 fully saturated rings. The molecule has 0 atom stereocenters. The van der Waals surface area contributed by atoms with E-state index in [1.54, 1.807) is 12.1 Å². The number of anilines is 1. The molecule has 2 aromatic carbocycles. The number of carbonyl (C=O) groups excluding carboxylic acids is 1. The summed E-state index contributed by atoms with van der Waals surface area (Å²) in [4.78, 5) is 16.7. The number of benzene rings is 2. The van der Waals surface area contributed by atoms with E-state index in [-0.39, 0.29) is 5.91 Å². The lowest BCUT2D eigenvalue weighted by molar-refractivity contribution is -0.130. The van der Waals surface area contributed by atoms with Gasteiger partial charge in [0.05, 0.1) is 6.61 Å². The molecule has 1 aliphatic rings. The minimum absolute atomic E-state index is 0.144. The molecular formula is C22H27ClN2O2. The smallest absolute Gasteiger partial charge is 0.222 e. The summed E-state index contributed by atoms with van der Waals surface area (Å²) < 4.78 is 5.66. The molecule has 1 saturated heterocycles. The molecule has 144 valence electrons. The molecule has 0 aromatic heterocycles. The van der Waals surface area contributed by atoms with E-state index in [0.717, 1.165) is 18.8 Å². The second-order valence-corrected chi connectivity index (χ2v) is 7.42. The predicted molar refractivity (Wildman–Crippen MR) is 111 cm³/mol. The van der Waals surface area contributed by atoms with Gasteiger partial charge in [-0.2, -0.15) is 0 Å². The van der Waals surface area contributed by atoms with Gasteiger partial charge in [-0.05, 0) is 55.2 Å². The van der Waals surface area contributed by atoms with Crippen molar-refractivity contribution in [3.05, 3.63) is 59.1 Å². The van der Waals surface area contributed by atoms with Crippen LogP contribution in [0.4, 0.5) is 5.69 Å². The monoisotopic (exact) mass is 386 g/mol. The minimum atomic E-state index is 0.144. The molecule has 2 aromatic rings. The molecule has 0 N–H and O–H groups in total. The van der Waals surface area contributed by atoms with Crippen LogP contribution in [-0.2, 0) is 11.3 Å². The van der Waals surface area contributed by atoms with Crippen molar-refractivity contribution in [2.45, 2.75) is 32.2 Å². The Morgan fingerprint density at radius 2 is 1.81 bits per heavy atom. The van der Waals surface area contributed by atoms with Crippen LogP contribution in [0.15, 0.2) is 48.5 Å². The standard InChI is InChI=1S/C22H27ClN2O2/c1-24(17-18-7-2-3-8-21(18)25-14-4-5-15-25)22(26)9-6-16-27-20-12-10-19(23)11-13-20/h2-3,7-8,10-13H,4-6,9,14-17H2,1H3. The van der Waals surface area contributed by atoms with Crippen molar-refractivity contribution in [3.8, 4) is 5.75 Å². The Kier molecular flexibility index (Phi) is 6.99. The minimum Gasteiger partial charge on any atom is -0.494 e. The van der Waals surface area contributed by atoms with Crippen molar-refractivity contribution in [1.82, 2.24) is 4.90 Å². The molecule has 0 saturated carbocycles. The number of ether oxygens (including phenoxy) is 1. The van der Waals surface area contributed by atoms with E-state index in [0.29, 0.717) is 31.0 Å². The zero-order valence-corrected chi connectivity index (χ0v) is 16.6. The number of carbonyl (C=O) groups is 1. The lowest BCUT2D eigenvalue weighted by Crippen LogP contribution is -2.28. The van der Waals surface area contributed by atoms with E-state index < -0.39 is 0 Å². The fourth-order valence-corrected chi connectivity index (χ4v) is 3.52. The van der Waals surface area contributed by atoms with E-state index in [1.165, 1.54) is 24.1 Å². The maximum absolute atomic E-state index is 12.5. The Hall–Kier alpha value is -2.20. The SMILES string of the molecule is CN(Cc1ccccc1N1CCCC1)C(=O)CCCOc1ccc(Cl)cc1. The van der Waals surface area contributed by atoms with Gasteiger partial charge in [0.25, 0.3) is 0 Å². The normalized spacial score (nSPS) is 13.6. The second kappa shape index (κ2) is 9.65. The van der Waals surface area contributed by atoms with Crippen molar-refractivity contribution in [1.29, 1.82) is 0 Å². The molecule has 0 aliphatic carbocycles. The van der Waals surface area contributed by atoms with E-state index in [2.05, 4.69) is 23.1 Å². The van der Waals surface area contributed by atoms with Crippen molar-refractivity contribution < 1.29 is 9.53 Å². The highest BCUT2D eigenvalue weighted by atomic mass is 35.5. The maximum atomic E-state index is 12.5. The molecule has 1 aliphatic heterocycles. The Balaban J connectivity index is 1.46. The van der Waals surface area contributed by atoms with E-state index >= 15 is 0 Å². The summed E-state index contributed by atoms with van der Waals surface area (Å²) in [7, 11) is 1.88. The van der Waals surface area contributed by atoms with Crippen LogP contribution in [-0.4, -0.2) is 37.6 Å². The topological polar surface area (TPSA) is 32.8 Å². The van der Waals surface area contributed by atoms with Gasteiger partial charge < -0.3 is 14.5 Å². The van der Waals surface area contributed by atoms with Gasteiger partial charge in [-0.25, -0.2) is 0 Å². The van der Waals surface area contributed by atoms with Gasteiger partial charge in [0, 0.05) is 43.8 Å². The van der Waals surface area contributed by atoms with Crippen LogP contribution in [0.2, 0.25) is 5.02 Å². The first-order chi connectivity index (χ1) is 13.1. The predicted octanol–water partition coefficient (Wildman–Crippen LogP) is 4.76. The van der Waals surface area contributed by atoms with Crippen molar-refractivity contribution >= 4 is 23.2 Å². The molecule has 4 nitrogen and oxygen atoms in total. The molecule has 0 unspecified atom stereocenters. The Bertz CT molecular complexity index is 742. The molecule has 3 rings (SSSR count). The zero-order valence-electron chi connectivity index (χ0n) is 15.9. The second-order valence-electron chi connectivity index (χ2n) is 6.98. The summed E-state index contributed by atoms with van der Waals surface area (Å²) in [5.74, 6) is 0.922. The molecular weight excluding hydrogens is 360 g/mol. The summed E-state index contributed by atoms with van der Waals surface area (Å²) in [6, 6.07) is 15.7. The van der Waals surface area contributed by atoms with Gasteiger partial charge in [-0.3, -0.25) is 4.79 Å².